The van der Waals surface area contributed by atoms with Crippen LogP contribution in [0.5, 0.6) is 0 Å². The standard InChI is InChI=1S/C20H23FN11O7PS/c21-11-7-1-2-35-10-3-8(18(38-10)31-6-26-13-16(31)27-20(23)28-17(13)33)39-40(34,41)36-4-9(7)37-19(11)32-15-12(29-30-32)14(22)24-5-25-15/h5-11,18-19H,1-4H2,(H,34,41)(H2,22,24,25)(H3,23,27,28,33)/t7-,8-,9-,10?,11+,18-,19-,40?/m1/s1. The van der Waals surface area contributed by atoms with Gasteiger partial charge in [0.25, 0.3) is 5.56 Å². The number of imidazole rings is 1. The molecule has 3 fully saturated rings. The molecule has 7 rings (SSSR count). The van der Waals surface area contributed by atoms with E-state index in [9.17, 15) is 9.69 Å². The summed E-state index contributed by atoms with van der Waals surface area (Å²) in [5.41, 5.74) is 11.6. The second kappa shape index (κ2) is 9.95. The summed E-state index contributed by atoms with van der Waals surface area (Å²) in [6, 6.07) is 0. The first-order chi connectivity index (χ1) is 19.7. The Labute approximate surface area is 233 Å². The highest BCUT2D eigenvalue weighted by Gasteiger charge is 2.49. The third-order valence-corrected chi connectivity index (χ3v) is 8.77. The minimum absolute atomic E-state index is 0.0336. The fourth-order valence-corrected chi connectivity index (χ4v) is 6.75. The number of hydrogen-bond donors (Lipinski definition) is 4. The summed E-state index contributed by atoms with van der Waals surface area (Å²) in [7, 11) is 0. The molecule has 6 N–H and O–H groups in total. The van der Waals surface area contributed by atoms with E-state index in [1.54, 1.807) is 0 Å². The van der Waals surface area contributed by atoms with Crippen molar-refractivity contribution in [3.8, 4) is 0 Å². The monoisotopic (exact) mass is 611 g/mol. The van der Waals surface area contributed by atoms with Gasteiger partial charge in [0, 0.05) is 12.3 Å². The van der Waals surface area contributed by atoms with Crippen molar-refractivity contribution >= 4 is 52.6 Å². The normalized spacial score (nSPS) is 34.4. The Kier molecular flexibility index (Phi) is 6.47. The molecule has 4 aromatic heterocycles. The minimum atomic E-state index is -3.92. The van der Waals surface area contributed by atoms with Crippen LogP contribution in [0.1, 0.15) is 25.3 Å². The number of ether oxygens (including phenoxy) is 3. The molecule has 0 aliphatic carbocycles. The number of nitrogens with zero attached hydrogens (tertiary/aromatic N) is 8. The van der Waals surface area contributed by atoms with E-state index in [0.29, 0.717) is 0 Å². The molecule has 0 spiro atoms. The number of rotatable bonds is 2. The van der Waals surface area contributed by atoms with Gasteiger partial charge in [-0.25, -0.2) is 19.3 Å². The fourth-order valence-electron chi connectivity index (χ4n) is 5.31. The predicted octanol–water partition coefficient (Wildman–Crippen LogP) is -0.345. The first kappa shape index (κ1) is 26.7. The van der Waals surface area contributed by atoms with Crippen LogP contribution in [0.15, 0.2) is 17.4 Å². The number of nitrogens with two attached hydrogens (primary N) is 2. The van der Waals surface area contributed by atoms with Gasteiger partial charge in [-0.3, -0.25) is 14.3 Å². The van der Waals surface area contributed by atoms with Gasteiger partial charge in [-0.1, -0.05) is 5.21 Å². The zero-order valence-corrected chi connectivity index (χ0v) is 22.6. The second-order valence-electron chi connectivity index (χ2n) is 9.67. The third-order valence-electron chi connectivity index (χ3n) is 7.19. The molecule has 41 heavy (non-hydrogen) atoms. The molecular formula is C20H23FN11O7PS. The van der Waals surface area contributed by atoms with E-state index in [0.717, 1.165) is 0 Å². The van der Waals surface area contributed by atoms with Crippen LogP contribution in [0.3, 0.4) is 0 Å². The van der Waals surface area contributed by atoms with Crippen molar-refractivity contribution in [1.82, 2.24) is 44.5 Å². The van der Waals surface area contributed by atoms with Gasteiger partial charge in [-0.05, 0) is 18.2 Å². The SMILES string of the molecule is Nc1nc2c(ncn2[C@@H]2OC3C[C@H]2OP(O)(=S)OC[C@H]2O[C@@H](n4nnc5c(N)ncnc54)[C@@H](F)[C@@H]2CCO3)c(=O)[nH]1. The van der Waals surface area contributed by atoms with E-state index in [2.05, 4.69) is 35.2 Å². The molecule has 21 heteroatoms. The highest BCUT2D eigenvalue weighted by atomic mass is 32.5. The van der Waals surface area contributed by atoms with Gasteiger partial charge in [-0.15, -0.1) is 5.10 Å². The molecule has 218 valence electrons. The van der Waals surface area contributed by atoms with Crippen LogP contribution in [0, 0.1) is 5.92 Å². The molecule has 3 aliphatic rings. The van der Waals surface area contributed by atoms with E-state index in [4.69, 9.17) is 46.5 Å². The van der Waals surface area contributed by atoms with E-state index in [1.807, 2.05) is 0 Å². The average molecular weight is 612 g/mol. The summed E-state index contributed by atoms with van der Waals surface area (Å²) < 4.78 is 48.0. The maximum atomic E-state index is 15.9. The molecule has 7 heterocycles. The number of nitrogen functional groups attached to an aromatic ring is 2. The van der Waals surface area contributed by atoms with Gasteiger partial charge in [-0.2, -0.15) is 9.67 Å². The van der Waals surface area contributed by atoms with Crippen LogP contribution in [0.25, 0.3) is 22.3 Å². The molecule has 4 aromatic rings. The van der Waals surface area contributed by atoms with E-state index >= 15 is 4.39 Å². The Morgan fingerprint density at radius 2 is 2.00 bits per heavy atom. The predicted molar refractivity (Wildman–Crippen MR) is 139 cm³/mol. The summed E-state index contributed by atoms with van der Waals surface area (Å²) in [6.07, 6.45) is -3.36. The summed E-state index contributed by atoms with van der Waals surface area (Å²) in [4.78, 5) is 41.8. The number of aromatic amines is 1. The zero-order chi connectivity index (χ0) is 28.5. The van der Waals surface area contributed by atoms with Crippen LogP contribution in [-0.2, 0) is 35.1 Å². The Balaban J connectivity index is 1.15. The van der Waals surface area contributed by atoms with E-state index in [1.165, 1.54) is 21.9 Å². The van der Waals surface area contributed by atoms with Crippen molar-refractivity contribution in [2.45, 2.75) is 50.0 Å². The summed E-state index contributed by atoms with van der Waals surface area (Å²) in [5, 5.41) is 7.93. The lowest BCUT2D eigenvalue weighted by Gasteiger charge is -2.26. The lowest BCUT2D eigenvalue weighted by molar-refractivity contribution is -0.155. The lowest BCUT2D eigenvalue weighted by Crippen LogP contribution is -2.29. The zero-order valence-electron chi connectivity index (χ0n) is 20.9. The summed E-state index contributed by atoms with van der Waals surface area (Å²) in [5.74, 6) is -0.758. The van der Waals surface area contributed by atoms with Gasteiger partial charge in [0.15, 0.2) is 53.1 Å². The number of alkyl halides is 1. The molecular weight excluding hydrogens is 588 g/mol. The minimum Gasteiger partial charge on any atom is -0.382 e. The lowest BCUT2D eigenvalue weighted by atomic mass is 9.96. The first-order valence-electron chi connectivity index (χ1n) is 12.4. The molecule has 0 saturated carbocycles. The molecule has 0 radical (unpaired) electrons. The molecule has 2 unspecified atom stereocenters. The first-order valence-corrected chi connectivity index (χ1v) is 15.0. The molecule has 0 amide bonds. The van der Waals surface area contributed by atoms with Gasteiger partial charge < -0.3 is 39.6 Å². The van der Waals surface area contributed by atoms with E-state index < -0.39 is 55.3 Å². The number of nitrogens with one attached hydrogen (secondary N) is 1. The van der Waals surface area contributed by atoms with Crippen molar-refractivity contribution in [2.75, 3.05) is 24.7 Å². The number of hydrogen-bond acceptors (Lipinski definition) is 15. The number of H-pyrrole nitrogens is 1. The Morgan fingerprint density at radius 1 is 1.15 bits per heavy atom. The topological polar surface area (TPSA) is 238 Å². The molecule has 3 aliphatic heterocycles. The number of aromatic nitrogens is 9. The van der Waals surface area contributed by atoms with Crippen molar-refractivity contribution in [2.24, 2.45) is 5.92 Å². The summed E-state index contributed by atoms with van der Waals surface area (Å²) in [6.45, 7) is -4.10. The number of halogens is 1. The molecule has 8 atom stereocenters. The molecule has 2 bridgehead atoms. The van der Waals surface area contributed by atoms with Crippen molar-refractivity contribution < 1.29 is 32.5 Å². The van der Waals surface area contributed by atoms with Crippen LogP contribution in [0.2, 0.25) is 0 Å². The molecule has 18 nitrogen and oxygen atoms in total. The van der Waals surface area contributed by atoms with Crippen LogP contribution >= 0.6 is 6.72 Å². The van der Waals surface area contributed by atoms with Gasteiger partial charge >= 0.3 is 6.72 Å². The smallest absolute Gasteiger partial charge is 0.325 e. The van der Waals surface area contributed by atoms with Gasteiger partial charge in [0.1, 0.15) is 12.4 Å². The van der Waals surface area contributed by atoms with Crippen LogP contribution < -0.4 is 17.0 Å². The largest absolute Gasteiger partial charge is 0.382 e. The van der Waals surface area contributed by atoms with Gasteiger partial charge in [0.05, 0.1) is 25.6 Å². The molecule has 0 aromatic carbocycles. The number of fused-ring (bicyclic) bond motifs is 5. The highest BCUT2D eigenvalue weighted by molar-refractivity contribution is 8.07. The fraction of sp³-hybridized carbons (Fsp3) is 0.550. The van der Waals surface area contributed by atoms with Crippen molar-refractivity contribution in [3.63, 3.8) is 0 Å². The van der Waals surface area contributed by atoms with E-state index in [-0.39, 0.29) is 60.1 Å². The van der Waals surface area contributed by atoms with Gasteiger partial charge in [0.2, 0.25) is 5.95 Å². The van der Waals surface area contributed by atoms with Crippen LogP contribution in [-0.4, -0.2) is 87.3 Å². The molecule has 3 saturated heterocycles. The summed E-state index contributed by atoms with van der Waals surface area (Å²) >= 11 is 5.28. The maximum Gasteiger partial charge on any atom is 0.325 e. The average Bonchev–Trinajstić information content (AvgIpc) is 3.68. The Bertz CT molecular complexity index is 1740. The third kappa shape index (κ3) is 4.65. The number of anilines is 2. The maximum absolute atomic E-state index is 15.9. The second-order valence-corrected chi connectivity index (χ2v) is 12.5. The quantitative estimate of drug-likeness (QED) is 0.212. The Hall–Kier alpha value is -3.23. The van der Waals surface area contributed by atoms with Crippen LogP contribution in [0.4, 0.5) is 16.2 Å². The van der Waals surface area contributed by atoms with Crippen molar-refractivity contribution in [1.29, 1.82) is 0 Å². The van der Waals surface area contributed by atoms with Crippen molar-refractivity contribution in [3.05, 3.63) is 23.0 Å². The highest BCUT2D eigenvalue weighted by Crippen LogP contribution is 2.51. The Morgan fingerprint density at radius 3 is 2.85 bits per heavy atom.